The van der Waals surface area contributed by atoms with Crippen LogP contribution in [0.1, 0.15) is 54.1 Å². The number of hydrogen-bond acceptors (Lipinski definition) is 9. The van der Waals surface area contributed by atoms with E-state index in [0.29, 0.717) is 28.2 Å². The van der Waals surface area contributed by atoms with Crippen molar-refractivity contribution in [3.05, 3.63) is 166 Å². The second-order valence-electron chi connectivity index (χ2n) is 12.8. The molecule has 5 aromatic carbocycles. The van der Waals surface area contributed by atoms with Crippen LogP contribution in [0.2, 0.25) is 0 Å². The molecule has 0 amide bonds. The summed E-state index contributed by atoms with van der Waals surface area (Å²) in [6.45, 7) is -0.625. The summed E-state index contributed by atoms with van der Waals surface area (Å²) in [4.78, 5) is 38.6. The van der Waals surface area contributed by atoms with Crippen molar-refractivity contribution in [2.45, 2.75) is 54.7 Å². The molecule has 0 aliphatic heterocycles. The van der Waals surface area contributed by atoms with Gasteiger partial charge in [-0.1, -0.05) is 142 Å². The number of carbonyl (C=O) groups excluding carboxylic acids is 3. The number of esters is 3. The number of aliphatic hydroxyl groups is 1. The molecule has 324 valence electrons. The molecule has 0 aliphatic carbocycles. The van der Waals surface area contributed by atoms with Crippen LogP contribution >= 0.6 is 93.1 Å². The highest BCUT2D eigenvalue weighted by Crippen LogP contribution is 2.31. The van der Waals surface area contributed by atoms with Crippen LogP contribution in [0.4, 0.5) is 13.2 Å². The van der Waals surface area contributed by atoms with E-state index in [2.05, 4.69) is 0 Å². The lowest BCUT2D eigenvalue weighted by atomic mass is 10.1. The van der Waals surface area contributed by atoms with Gasteiger partial charge in [-0.25, -0.2) is 9.59 Å². The molecular weight excluding hydrogens is 962 g/mol. The molecule has 0 radical (unpaired) electrons. The molecule has 0 fully saturated rings. The molecule has 1 N–H and O–H groups in total. The molecule has 7 nitrogen and oxygen atoms in total. The molecule has 5 aromatic rings. The fourth-order valence-corrected chi connectivity index (χ4v) is 7.16. The number of hydrogen-bond donors (Lipinski definition) is 1. The monoisotopic (exact) mass is 994 g/mol. The first-order valence-electron chi connectivity index (χ1n) is 17.8. The fourth-order valence-electron chi connectivity index (χ4n) is 5.03. The summed E-state index contributed by atoms with van der Waals surface area (Å²) in [6.07, 6.45) is -4.55. The predicted octanol–water partition coefficient (Wildman–Crippen LogP) is 12.8. The van der Waals surface area contributed by atoms with E-state index in [1.165, 1.54) is 23.9 Å². The normalized spacial score (nSPS) is 11.6. The number of halogens is 9. The van der Waals surface area contributed by atoms with Crippen LogP contribution in [0.25, 0.3) is 0 Å². The SMILES string of the molecule is O=C(Cc1ccc(C(F)(F)F)cc1)OCc1ccc(SCc2ccccc2C(=O)OCC(Cl)(Cl)Cl)cc1.O=C(OCC(Cl)(Cl)Cl)c1ccccc1CSc1ccc(CO)cc1. The summed E-state index contributed by atoms with van der Waals surface area (Å²) in [7, 11) is 0. The van der Waals surface area contributed by atoms with Crippen molar-refractivity contribution < 1.29 is 46.9 Å². The maximum Gasteiger partial charge on any atom is 0.416 e. The number of ether oxygens (including phenoxy) is 3. The third-order valence-electron chi connectivity index (χ3n) is 8.06. The first kappa shape index (κ1) is 50.3. The number of carbonyl (C=O) groups is 3. The van der Waals surface area contributed by atoms with Gasteiger partial charge < -0.3 is 19.3 Å². The van der Waals surface area contributed by atoms with Crippen LogP contribution < -0.4 is 0 Å². The minimum atomic E-state index is -4.42. The van der Waals surface area contributed by atoms with Gasteiger partial charge in [-0.15, -0.1) is 23.5 Å². The summed E-state index contributed by atoms with van der Waals surface area (Å²) in [5.74, 6) is -0.571. The Bertz CT molecular complexity index is 2200. The maximum absolute atomic E-state index is 12.6. The van der Waals surface area contributed by atoms with Gasteiger partial charge in [0.1, 0.15) is 19.8 Å². The molecule has 0 saturated carbocycles. The Kier molecular flexibility index (Phi) is 19.8. The van der Waals surface area contributed by atoms with E-state index in [0.717, 1.165) is 44.2 Å². The van der Waals surface area contributed by atoms with E-state index in [-0.39, 0.29) is 32.8 Å². The number of benzene rings is 5. The van der Waals surface area contributed by atoms with Gasteiger partial charge in [0.2, 0.25) is 7.59 Å². The molecule has 0 unspecified atom stereocenters. The van der Waals surface area contributed by atoms with Crippen LogP contribution in [0.15, 0.2) is 131 Å². The summed E-state index contributed by atoms with van der Waals surface area (Å²) < 4.78 is 50.0. The molecule has 61 heavy (non-hydrogen) atoms. The Balaban J connectivity index is 0.000000294. The van der Waals surface area contributed by atoms with Crippen LogP contribution in [0.3, 0.4) is 0 Å². The van der Waals surface area contributed by atoms with Crippen molar-refractivity contribution in [1.29, 1.82) is 0 Å². The van der Waals surface area contributed by atoms with E-state index in [4.69, 9.17) is 88.9 Å². The maximum atomic E-state index is 12.6. The molecular formula is C43H35Cl6F3O7S2. The van der Waals surface area contributed by atoms with Crippen molar-refractivity contribution in [2.75, 3.05) is 13.2 Å². The Morgan fingerprint density at radius 1 is 0.541 bits per heavy atom. The first-order valence-corrected chi connectivity index (χ1v) is 22.0. The summed E-state index contributed by atoms with van der Waals surface area (Å²) in [6, 6.07) is 33.4. The van der Waals surface area contributed by atoms with E-state index >= 15 is 0 Å². The molecule has 0 spiro atoms. The van der Waals surface area contributed by atoms with E-state index in [9.17, 15) is 27.6 Å². The van der Waals surface area contributed by atoms with Gasteiger partial charge >= 0.3 is 24.1 Å². The number of aliphatic hydroxyl groups excluding tert-OH is 1. The number of rotatable bonds is 15. The van der Waals surface area contributed by atoms with Gasteiger partial charge in [-0.05, 0) is 76.3 Å². The third kappa shape index (κ3) is 18.5. The highest BCUT2D eigenvalue weighted by atomic mass is 35.6. The van der Waals surface area contributed by atoms with E-state index < -0.39 is 37.2 Å². The summed E-state index contributed by atoms with van der Waals surface area (Å²) in [5.41, 5.74) is 3.68. The smallest absolute Gasteiger partial charge is 0.416 e. The quantitative estimate of drug-likeness (QED) is 0.0476. The summed E-state index contributed by atoms with van der Waals surface area (Å²) in [5, 5.41) is 9.06. The van der Waals surface area contributed by atoms with Gasteiger partial charge in [-0.3, -0.25) is 4.79 Å². The second-order valence-corrected chi connectivity index (χ2v) is 19.9. The van der Waals surface area contributed by atoms with Crippen LogP contribution in [0, 0.1) is 0 Å². The lowest BCUT2D eigenvalue weighted by molar-refractivity contribution is -0.144. The Labute approximate surface area is 389 Å². The predicted molar refractivity (Wildman–Crippen MR) is 237 cm³/mol. The lowest BCUT2D eigenvalue weighted by Gasteiger charge is -2.13. The highest BCUT2D eigenvalue weighted by molar-refractivity contribution is 7.98. The molecule has 0 bridgehead atoms. The van der Waals surface area contributed by atoms with Gasteiger partial charge in [0, 0.05) is 21.3 Å². The van der Waals surface area contributed by atoms with Crippen molar-refractivity contribution in [3.63, 3.8) is 0 Å². The zero-order valence-electron chi connectivity index (χ0n) is 31.6. The van der Waals surface area contributed by atoms with Crippen LogP contribution in [0.5, 0.6) is 0 Å². The first-order chi connectivity index (χ1) is 28.8. The van der Waals surface area contributed by atoms with E-state index in [1.807, 2.05) is 60.7 Å². The summed E-state index contributed by atoms with van der Waals surface area (Å²) >= 11 is 36.8. The molecule has 0 saturated heterocycles. The number of thioether (sulfide) groups is 2. The average Bonchev–Trinajstić information content (AvgIpc) is 3.23. The van der Waals surface area contributed by atoms with E-state index in [1.54, 1.807) is 48.2 Å². The minimum absolute atomic E-state index is 0.0167. The van der Waals surface area contributed by atoms with Crippen molar-refractivity contribution >= 4 is 111 Å². The Morgan fingerprint density at radius 3 is 1.36 bits per heavy atom. The zero-order chi connectivity index (χ0) is 44.6. The van der Waals surface area contributed by atoms with Gasteiger partial charge in [0.15, 0.2) is 0 Å². The molecule has 0 aromatic heterocycles. The standard InChI is InChI=1S/C26H20Cl3F3O4S.C17H15Cl3O3S/c27-25(28,29)16-36-24(34)22-4-2-1-3-19(22)15-37-21-11-7-18(8-12-21)14-35-23(33)13-17-5-9-20(10-6-17)26(30,31)32;18-17(19,20)11-23-16(22)15-4-2-1-3-13(15)10-24-14-7-5-12(9-21)6-8-14/h1-12H,13-16H2;1-8,21H,9-11H2. The topological polar surface area (TPSA) is 99.1 Å². The molecule has 0 aliphatic rings. The van der Waals surface area contributed by atoms with Gasteiger partial charge in [0.25, 0.3) is 0 Å². The van der Waals surface area contributed by atoms with Crippen LogP contribution in [-0.4, -0.2) is 43.8 Å². The third-order valence-corrected chi connectivity index (χ3v) is 10.8. The zero-order valence-corrected chi connectivity index (χ0v) is 37.8. The Hall–Kier alpha value is -3.30. The second kappa shape index (κ2) is 24.0. The fraction of sp³-hybridized carbons (Fsp3) is 0.233. The molecule has 0 atom stereocenters. The van der Waals surface area contributed by atoms with Gasteiger partial charge in [-0.2, -0.15) is 13.2 Å². The Morgan fingerprint density at radius 2 is 0.951 bits per heavy atom. The number of alkyl halides is 9. The van der Waals surface area contributed by atoms with Crippen molar-refractivity contribution in [1.82, 2.24) is 0 Å². The van der Waals surface area contributed by atoms with Crippen molar-refractivity contribution in [2.24, 2.45) is 0 Å². The molecule has 0 heterocycles. The highest BCUT2D eigenvalue weighted by Gasteiger charge is 2.30. The molecule has 5 rings (SSSR count). The van der Waals surface area contributed by atoms with Crippen LogP contribution in [-0.2, 0) is 56.3 Å². The average molecular weight is 998 g/mol. The molecule has 18 heteroatoms. The lowest BCUT2D eigenvalue weighted by Crippen LogP contribution is -2.18. The van der Waals surface area contributed by atoms with Gasteiger partial charge in [0.05, 0.1) is 29.7 Å². The largest absolute Gasteiger partial charge is 0.461 e. The van der Waals surface area contributed by atoms with Crippen molar-refractivity contribution in [3.8, 4) is 0 Å². The minimum Gasteiger partial charge on any atom is -0.461 e.